The number of nitro benzene ring substituents is 1. The van der Waals surface area contributed by atoms with Gasteiger partial charge in [-0.1, -0.05) is 15.9 Å². The van der Waals surface area contributed by atoms with E-state index in [1.807, 2.05) is 0 Å². The number of nitrogens with zero attached hydrogens (tertiary/aromatic N) is 1. The van der Waals surface area contributed by atoms with E-state index in [1.165, 1.54) is 12.1 Å². The molecule has 0 aromatic heterocycles. The van der Waals surface area contributed by atoms with Crippen molar-refractivity contribution in [3.63, 3.8) is 0 Å². The van der Waals surface area contributed by atoms with Crippen molar-refractivity contribution in [2.24, 2.45) is 5.73 Å². The molecular formula is C9H9BrN2O4. The first-order valence-electron chi connectivity index (χ1n) is 4.32. The van der Waals surface area contributed by atoms with Crippen LogP contribution in [0.5, 0.6) is 0 Å². The molecule has 16 heavy (non-hydrogen) atoms. The van der Waals surface area contributed by atoms with Gasteiger partial charge in [-0.25, -0.2) is 0 Å². The van der Waals surface area contributed by atoms with E-state index >= 15 is 0 Å². The molecule has 0 saturated carbocycles. The molecule has 0 fully saturated rings. The van der Waals surface area contributed by atoms with Crippen molar-refractivity contribution in [2.45, 2.75) is 12.5 Å². The van der Waals surface area contributed by atoms with Crippen LogP contribution in [0.25, 0.3) is 0 Å². The van der Waals surface area contributed by atoms with Gasteiger partial charge in [0, 0.05) is 22.6 Å². The van der Waals surface area contributed by atoms with Crippen LogP contribution in [0.3, 0.4) is 0 Å². The first-order chi connectivity index (χ1) is 7.40. The molecule has 0 bridgehead atoms. The van der Waals surface area contributed by atoms with E-state index in [1.54, 1.807) is 6.07 Å². The van der Waals surface area contributed by atoms with Crippen LogP contribution in [-0.2, 0) is 4.79 Å². The lowest BCUT2D eigenvalue weighted by Crippen LogP contribution is -2.15. The highest BCUT2D eigenvalue weighted by atomic mass is 79.9. The Bertz CT molecular complexity index is 436. The van der Waals surface area contributed by atoms with Gasteiger partial charge in [0.05, 0.1) is 11.3 Å². The van der Waals surface area contributed by atoms with Gasteiger partial charge >= 0.3 is 5.97 Å². The largest absolute Gasteiger partial charge is 0.481 e. The summed E-state index contributed by atoms with van der Waals surface area (Å²) in [6.45, 7) is 0. The van der Waals surface area contributed by atoms with E-state index in [4.69, 9.17) is 10.8 Å². The highest BCUT2D eigenvalue weighted by molar-refractivity contribution is 9.10. The van der Waals surface area contributed by atoms with E-state index in [9.17, 15) is 14.9 Å². The number of benzene rings is 1. The quantitative estimate of drug-likeness (QED) is 0.649. The van der Waals surface area contributed by atoms with Crippen molar-refractivity contribution >= 4 is 27.6 Å². The van der Waals surface area contributed by atoms with Crippen LogP contribution < -0.4 is 5.73 Å². The normalized spacial score (nSPS) is 12.1. The molecule has 0 radical (unpaired) electrons. The van der Waals surface area contributed by atoms with Gasteiger partial charge in [0.25, 0.3) is 5.69 Å². The number of hydrogen-bond acceptors (Lipinski definition) is 4. The zero-order chi connectivity index (χ0) is 12.3. The van der Waals surface area contributed by atoms with Gasteiger partial charge in [-0.15, -0.1) is 0 Å². The summed E-state index contributed by atoms with van der Waals surface area (Å²) in [5, 5.41) is 19.1. The molecule has 1 aromatic carbocycles. The number of carboxylic acids is 1. The van der Waals surface area contributed by atoms with Crippen molar-refractivity contribution < 1.29 is 14.8 Å². The summed E-state index contributed by atoms with van der Waals surface area (Å²) in [4.78, 5) is 20.5. The second kappa shape index (κ2) is 5.04. The number of carboxylic acid groups (broad SMARTS) is 1. The summed E-state index contributed by atoms with van der Waals surface area (Å²) >= 11 is 3.11. The second-order valence-corrected chi connectivity index (χ2v) is 4.12. The smallest absolute Gasteiger partial charge is 0.305 e. The van der Waals surface area contributed by atoms with Gasteiger partial charge in [0.1, 0.15) is 0 Å². The number of non-ortho nitro benzene ring substituents is 1. The first kappa shape index (κ1) is 12.6. The van der Waals surface area contributed by atoms with Crippen molar-refractivity contribution in [3.05, 3.63) is 38.3 Å². The maximum Gasteiger partial charge on any atom is 0.305 e. The number of nitro groups is 1. The fourth-order valence-electron chi connectivity index (χ4n) is 1.22. The lowest BCUT2D eigenvalue weighted by molar-refractivity contribution is -0.385. The Morgan fingerprint density at radius 2 is 2.19 bits per heavy atom. The summed E-state index contributed by atoms with van der Waals surface area (Å²) in [7, 11) is 0. The Labute approximate surface area is 99.3 Å². The molecule has 0 amide bonds. The summed E-state index contributed by atoms with van der Waals surface area (Å²) in [5.74, 6) is -1.05. The fourth-order valence-corrected chi connectivity index (χ4v) is 1.72. The van der Waals surface area contributed by atoms with E-state index in [0.717, 1.165) is 0 Å². The van der Waals surface area contributed by atoms with Crippen molar-refractivity contribution in [3.8, 4) is 0 Å². The number of halogens is 1. The van der Waals surface area contributed by atoms with Crippen LogP contribution in [0.2, 0.25) is 0 Å². The van der Waals surface area contributed by atoms with E-state index in [0.29, 0.717) is 10.0 Å². The standard InChI is InChI=1S/C9H9BrN2O4/c10-6-1-5(8(11)4-9(13)14)2-7(3-6)12(15)16/h1-3,8H,4,11H2,(H,13,14). The number of carbonyl (C=O) groups is 1. The van der Waals surface area contributed by atoms with Crippen molar-refractivity contribution in [1.29, 1.82) is 0 Å². The molecule has 0 aliphatic rings. The van der Waals surface area contributed by atoms with Gasteiger partial charge < -0.3 is 10.8 Å². The highest BCUT2D eigenvalue weighted by Crippen LogP contribution is 2.25. The molecule has 3 N–H and O–H groups in total. The van der Waals surface area contributed by atoms with Crippen molar-refractivity contribution in [2.75, 3.05) is 0 Å². The summed E-state index contributed by atoms with van der Waals surface area (Å²) in [6, 6.07) is 3.42. The minimum Gasteiger partial charge on any atom is -0.481 e. The average Bonchev–Trinajstić information content (AvgIpc) is 2.15. The van der Waals surface area contributed by atoms with Crippen molar-refractivity contribution in [1.82, 2.24) is 0 Å². The van der Waals surface area contributed by atoms with Gasteiger partial charge in [0.15, 0.2) is 0 Å². The molecule has 1 unspecified atom stereocenters. The molecule has 0 aliphatic carbocycles. The van der Waals surface area contributed by atoms with Gasteiger partial charge in [-0.2, -0.15) is 0 Å². The maximum atomic E-state index is 10.6. The molecule has 1 aromatic rings. The maximum absolute atomic E-state index is 10.6. The molecule has 0 aliphatic heterocycles. The van der Waals surface area contributed by atoms with Gasteiger partial charge in [-0.3, -0.25) is 14.9 Å². The zero-order valence-electron chi connectivity index (χ0n) is 8.09. The monoisotopic (exact) mass is 288 g/mol. The van der Waals surface area contributed by atoms with Crippen LogP contribution in [0.4, 0.5) is 5.69 Å². The highest BCUT2D eigenvalue weighted by Gasteiger charge is 2.15. The van der Waals surface area contributed by atoms with E-state index < -0.39 is 16.9 Å². The number of nitrogens with two attached hydrogens (primary N) is 1. The zero-order valence-corrected chi connectivity index (χ0v) is 9.68. The van der Waals surface area contributed by atoms with Crippen LogP contribution in [-0.4, -0.2) is 16.0 Å². The Balaban J connectivity index is 3.04. The summed E-state index contributed by atoms with van der Waals surface area (Å²) < 4.78 is 0.498. The third-order valence-corrected chi connectivity index (χ3v) is 2.40. The predicted octanol–water partition coefficient (Wildman–Crippen LogP) is 1.83. The minimum atomic E-state index is -1.05. The Hall–Kier alpha value is -1.47. The van der Waals surface area contributed by atoms with Gasteiger partial charge in [-0.05, 0) is 11.6 Å². The average molecular weight is 289 g/mol. The Kier molecular flexibility index (Phi) is 3.97. The van der Waals surface area contributed by atoms with E-state index in [2.05, 4.69) is 15.9 Å². The third kappa shape index (κ3) is 3.28. The third-order valence-electron chi connectivity index (χ3n) is 1.94. The topological polar surface area (TPSA) is 106 Å². The second-order valence-electron chi connectivity index (χ2n) is 3.20. The Morgan fingerprint density at radius 1 is 1.56 bits per heavy atom. The number of hydrogen-bond donors (Lipinski definition) is 2. The molecular weight excluding hydrogens is 280 g/mol. The molecule has 7 heteroatoms. The molecule has 0 spiro atoms. The van der Waals surface area contributed by atoms with E-state index in [-0.39, 0.29) is 12.1 Å². The Morgan fingerprint density at radius 3 is 2.69 bits per heavy atom. The number of rotatable bonds is 4. The lowest BCUT2D eigenvalue weighted by Gasteiger charge is -2.09. The SMILES string of the molecule is NC(CC(=O)O)c1cc(Br)cc([N+](=O)[O-])c1. The lowest BCUT2D eigenvalue weighted by atomic mass is 10.0. The summed E-state index contributed by atoms with van der Waals surface area (Å²) in [6.07, 6.45) is -0.270. The first-order valence-corrected chi connectivity index (χ1v) is 5.11. The van der Waals surface area contributed by atoms with Crippen LogP contribution in [0.1, 0.15) is 18.0 Å². The minimum absolute atomic E-state index is 0.120. The molecule has 1 atom stereocenters. The number of aliphatic carboxylic acids is 1. The summed E-state index contributed by atoms with van der Waals surface area (Å²) in [5.41, 5.74) is 5.91. The molecule has 86 valence electrons. The van der Waals surface area contributed by atoms with Crippen LogP contribution >= 0.6 is 15.9 Å². The molecule has 1 rings (SSSR count). The molecule has 6 nitrogen and oxygen atoms in total. The molecule has 0 heterocycles. The van der Waals surface area contributed by atoms with Gasteiger partial charge in [0.2, 0.25) is 0 Å². The molecule has 0 saturated heterocycles. The predicted molar refractivity (Wildman–Crippen MR) is 60.0 cm³/mol. The van der Waals surface area contributed by atoms with Crippen LogP contribution in [0, 0.1) is 10.1 Å². The van der Waals surface area contributed by atoms with Crippen LogP contribution in [0.15, 0.2) is 22.7 Å². The fraction of sp³-hybridized carbons (Fsp3) is 0.222.